The Morgan fingerprint density at radius 3 is 2.68 bits per heavy atom. The largest absolute Gasteiger partial charge is 0.390 e. The molecule has 19 heavy (non-hydrogen) atoms. The second-order valence-electron chi connectivity index (χ2n) is 6.85. The molecule has 1 aliphatic heterocycles. The first kappa shape index (κ1) is 15.0. The predicted octanol–water partition coefficient (Wildman–Crippen LogP) is 3.07. The summed E-state index contributed by atoms with van der Waals surface area (Å²) in [6.07, 6.45) is 6.30. The third kappa shape index (κ3) is 3.04. The molecule has 0 amide bonds. The van der Waals surface area contributed by atoms with Crippen molar-refractivity contribution < 1.29 is 14.6 Å². The highest BCUT2D eigenvalue weighted by molar-refractivity contribution is 5.13. The van der Waals surface area contributed by atoms with E-state index in [9.17, 15) is 5.11 Å². The average Bonchev–Trinajstić information content (AvgIpc) is 2.98. The van der Waals surface area contributed by atoms with Gasteiger partial charge in [-0.25, -0.2) is 0 Å². The van der Waals surface area contributed by atoms with Gasteiger partial charge in [0.05, 0.1) is 23.4 Å². The smallest absolute Gasteiger partial charge is 0.0979 e. The molecule has 0 aromatic heterocycles. The van der Waals surface area contributed by atoms with Gasteiger partial charge in [-0.15, -0.1) is 0 Å². The minimum atomic E-state index is -0.635. The molecule has 3 heteroatoms. The molecule has 0 bridgehead atoms. The monoisotopic (exact) mass is 268 g/mol. The molecule has 0 aromatic carbocycles. The Morgan fingerprint density at radius 2 is 2.11 bits per heavy atom. The maximum Gasteiger partial charge on any atom is 0.0979 e. The summed E-state index contributed by atoms with van der Waals surface area (Å²) in [6.45, 7) is 8.32. The number of ether oxygens (including phenoxy) is 2. The van der Waals surface area contributed by atoms with Gasteiger partial charge in [0, 0.05) is 13.0 Å². The zero-order chi connectivity index (χ0) is 14.3. The zero-order valence-corrected chi connectivity index (χ0v) is 12.9. The Labute approximate surface area is 117 Å². The molecule has 0 aromatic rings. The standard InChI is InChI=1S/C16H28O3/c1-11(2)6-7-14-16(4,19-14)13-10-12(18-5)8-9-15(13,3)17/h6,12-14,17H,7-10H2,1-5H3/t12-,13?,14-,15-,16?/m1/s1. The summed E-state index contributed by atoms with van der Waals surface area (Å²) >= 11 is 0. The lowest BCUT2D eigenvalue weighted by Gasteiger charge is -2.42. The summed E-state index contributed by atoms with van der Waals surface area (Å²) in [7, 11) is 1.76. The number of aliphatic hydroxyl groups is 1. The van der Waals surface area contributed by atoms with Crippen LogP contribution in [0.4, 0.5) is 0 Å². The van der Waals surface area contributed by atoms with E-state index < -0.39 is 5.60 Å². The number of hydrogen-bond acceptors (Lipinski definition) is 3. The zero-order valence-electron chi connectivity index (χ0n) is 12.9. The minimum absolute atomic E-state index is 0.161. The lowest BCUT2D eigenvalue weighted by Crippen LogP contribution is -2.49. The molecule has 1 heterocycles. The fourth-order valence-corrected chi connectivity index (χ4v) is 3.53. The fourth-order valence-electron chi connectivity index (χ4n) is 3.53. The summed E-state index contributed by atoms with van der Waals surface area (Å²) in [5.41, 5.74) is 0.499. The van der Waals surface area contributed by atoms with Gasteiger partial charge in [0.15, 0.2) is 0 Å². The van der Waals surface area contributed by atoms with Gasteiger partial charge in [0.2, 0.25) is 0 Å². The van der Waals surface area contributed by atoms with Crippen LogP contribution < -0.4 is 0 Å². The number of methoxy groups -OCH3 is 1. The molecule has 1 N–H and O–H groups in total. The van der Waals surface area contributed by atoms with E-state index in [1.165, 1.54) is 5.57 Å². The van der Waals surface area contributed by atoms with Crippen LogP contribution >= 0.6 is 0 Å². The average molecular weight is 268 g/mol. The van der Waals surface area contributed by atoms with Gasteiger partial charge in [-0.1, -0.05) is 11.6 Å². The van der Waals surface area contributed by atoms with Crippen LogP contribution in [0.2, 0.25) is 0 Å². The highest BCUT2D eigenvalue weighted by Gasteiger charge is 2.62. The molecule has 5 atom stereocenters. The molecular formula is C16H28O3. The normalized spacial score (nSPS) is 45.9. The quantitative estimate of drug-likeness (QED) is 0.629. The van der Waals surface area contributed by atoms with E-state index in [2.05, 4.69) is 26.8 Å². The van der Waals surface area contributed by atoms with Crippen molar-refractivity contribution >= 4 is 0 Å². The lowest BCUT2D eigenvalue weighted by molar-refractivity contribution is -0.0994. The van der Waals surface area contributed by atoms with Crippen LogP contribution in [0.15, 0.2) is 11.6 Å². The Morgan fingerprint density at radius 1 is 1.42 bits per heavy atom. The lowest BCUT2D eigenvalue weighted by atomic mass is 9.68. The highest BCUT2D eigenvalue weighted by atomic mass is 16.6. The molecule has 1 saturated heterocycles. The van der Waals surface area contributed by atoms with Crippen molar-refractivity contribution in [3.63, 3.8) is 0 Å². The second kappa shape index (κ2) is 5.19. The van der Waals surface area contributed by atoms with Crippen LogP contribution in [-0.4, -0.2) is 35.6 Å². The molecule has 1 saturated carbocycles. The Hall–Kier alpha value is -0.380. The van der Waals surface area contributed by atoms with E-state index in [4.69, 9.17) is 9.47 Å². The van der Waals surface area contributed by atoms with Gasteiger partial charge in [-0.2, -0.15) is 0 Å². The van der Waals surface area contributed by atoms with E-state index in [-0.39, 0.29) is 23.7 Å². The number of rotatable bonds is 4. The van der Waals surface area contributed by atoms with E-state index in [1.807, 2.05) is 6.92 Å². The van der Waals surface area contributed by atoms with Crippen molar-refractivity contribution in [3.8, 4) is 0 Å². The summed E-state index contributed by atoms with van der Waals surface area (Å²) in [5.74, 6) is 0.161. The van der Waals surface area contributed by atoms with Crippen LogP contribution in [0.25, 0.3) is 0 Å². The molecule has 110 valence electrons. The first-order valence-electron chi connectivity index (χ1n) is 7.36. The third-order valence-electron chi connectivity index (χ3n) is 4.97. The van der Waals surface area contributed by atoms with Gasteiger partial charge < -0.3 is 14.6 Å². The third-order valence-corrected chi connectivity index (χ3v) is 4.97. The Balaban J connectivity index is 2.05. The van der Waals surface area contributed by atoms with Gasteiger partial charge in [-0.3, -0.25) is 0 Å². The number of allylic oxidation sites excluding steroid dienone is 1. The molecule has 3 nitrogen and oxygen atoms in total. The molecule has 2 fully saturated rings. The van der Waals surface area contributed by atoms with Crippen molar-refractivity contribution in [2.75, 3.05) is 7.11 Å². The Kier molecular flexibility index (Phi) is 4.10. The van der Waals surface area contributed by atoms with Gasteiger partial charge >= 0.3 is 0 Å². The molecule has 0 radical (unpaired) electrons. The van der Waals surface area contributed by atoms with Crippen molar-refractivity contribution in [3.05, 3.63) is 11.6 Å². The van der Waals surface area contributed by atoms with E-state index in [1.54, 1.807) is 7.11 Å². The van der Waals surface area contributed by atoms with Crippen molar-refractivity contribution in [2.24, 2.45) is 5.92 Å². The summed E-state index contributed by atoms with van der Waals surface area (Å²) in [4.78, 5) is 0. The first-order chi connectivity index (χ1) is 8.79. The van der Waals surface area contributed by atoms with Gasteiger partial charge in [0.1, 0.15) is 0 Å². The van der Waals surface area contributed by atoms with Gasteiger partial charge in [-0.05, 0) is 53.4 Å². The molecule has 2 rings (SSSR count). The first-order valence-corrected chi connectivity index (χ1v) is 7.36. The van der Waals surface area contributed by atoms with Crippen molar-refractivity contribution in [1.29, 1.82) is 0 Å². The number of hydrogen-bond donors (Lipinski definition) is 1. The number of epoxide rings is 1. The van der Waals surface area contributed by atoms with Crippen LogP contribution in [0.3, 0.4) is 0 Å². The van der Waals surface area contributed by atoms with E-state index >= 15 is 0 Å². The topological polar surface area (TPSA) is 42.0 Å². The van der Waals surface area contributed by atoms with E-state index in [0.717, 1.165) is 25.7 Å². The fraction of sp³-hybridized carbons (Fsp3) is 0.875. The molecule has 2 unspecified atom stereocenters. The SMILES string of the molecule is CO[C@@H]1CC[C@@](C)(O)C(C2(C)O[C@@H]2CC=C(C)C)C1. The summed E-state index contributed by atoms with van der Waals surface area (Å²) in [5, 5.41) is 10.7. The predicted molar refractivity (Wildman–Crippen MR) is 76.1 cm³/mol. The van der Waals surface area contributed by atoms with Crippen molar-refractivity contribution in [1.82, 2.24) is 0 Å². The van der Waals surface area contributed by atoms with Gasteiger partial charge in [0.25, 0.3) is 0 Å². The van der Waals surface area contributed by atoms with E-state index in [0.29, 0.717) is 0 Å². The van der Waals surface area contributed by atoms with Crippen LogP contribution in [0, 0.1) is 5.92 Å². The van der Waals surface area contributed by atoms with Crippen molar-refractivity contribution in [2.45, 2.75) is 76.8 Å². The maximum absolute atomic E-state index is 10.7. The second-order valence-corrected chi connectivity index (χ2v) is 6.85. The molecule has 2 aliphatic rings. The molecule has 0 spiro atoms. The molecule has 1 aliphatic carbocycles. The van der Waals surface area contributed by atoms with Crippen LogP contribution in [0.1, 0.15) is 53.4 Å². The highest BCUT2D eigenvalue weighted by Crippen LogP contribution is 2.53. The summed E-state index contributed by atoms with van der Waals surface area (Å²) in [6, 6.07) is 0. The maximum atomic E-state index is 10.7. The van der Waals surface area contributed by atoms with Crippen LogP contribution in [0.5, 0.6) is 0 Å². The minimum Gasteiger partial charge on any atom is -0.390 e. The Bertz CT molecular complexity index is 357. The summed E-state index contributed by atoms with van der Waals surface area (Å²) < 4.78 is 11.5. The van der Waals surface area contributed by atoms with Crippen LogP contribution in [-0.2, 0) is 9.47 Å². The molecular weight excluding hydrogens is 240 g/mol.